The third-order valence-corrected chi connectivity index (χ3v) is 4.79. The molecule has 1 aromatic heterocycles. The third-order valence-electron chi connectivity index (χ3n) is 4.79. The molecule has 25 heavy (non-hydrogen) atoms. The molecule has 0 bridgehead atoms. The number of methoxy groups -OCH3 is 1. The minimum absolute atomic E-state index is 0.0324. The monoisotopic (exact) mass is 341 g/mol. The molecule has 0 saturated carbocycles. The highest BCUT2D eigenvalue weighted by atomic mass is 16.5. The number of pyridine rings is 1. The Kier molecular flexibility index (Phi) is 4.86. The molecule has 0 radical (unpaired) electrons. The zero-order valence-electron chi connectivity index (χ0n) is 15.4. The summed E-state index contributed by atoms with van der Waals surface area (Å²) in [6.45, 7) is 8.93. The Morgan fingerprint density at radius 2 is 1.84 bits per heavy atom. The average molecular weight is 341 g/mol. The molecule has 5 nitrogen and oxygen atoms in total. The van der Waals surface area contributed by atoms with Gasteiger partial charge in [-0.25, -0.2) is 4.98 Å². The Balaban J connectivity index is 1.79. The first-order valence-corrected chi connectivity index (χ1v) is 8.72. The second-order valence-corrected chi connectivity index (χ2v) is 7.18. The van der Waals surface area contributed by atoms with Gasteiger partial charge in [-0.05, 0) is 57.2 Å². The molecule has 2 aromatic rings. The number of anilines is 2. The second-order valence-electron chi connectivity index (χ2n) is 7.18. The average Bonchev–Trinajstić information content (AvgIpc) is 2.61. The van der Waals surface area contributed by atoms with E-state index in [9.17, 15) is 5.11 Å². The van der Waals surface area contributed by atoms with Crippen LogP contribution in [0.5, 0.6) is 5.75 Å². The first-order chi connectivity index (χ1) is 11.9. The van der Waals surface area contributed by atoms with Crippen LogP contribution in [0.2, 0.25) is 0 Å². The SMILES string of the molecule is COc1ccc(N2CCN(c3cccc([C@H](C)O)n3)CC2(C)C)cc1. The summed E-state index contributed by atoms with van der Waals surface area (Å²) in [5.41, 5.74) is 1.89. The minimum Gasteiger partial charge on any atom is -0.497 e. The quantitative estimate of drug-likeness (QED) is 0.925. The van der Waals surface area contributed by atoms with Crippen molar-refractivity contribution in [3.05, 3.63) is 48.2 Å². The van der Waals surface area contributed by atoms with Gasteiger partial charge in [-0.1, -0.05) is 6.07 Å². The van der Waals surface area contributed by atoms with Crippen molar-refractivity contribution >= 4 is 11.5 Å². The van der Waals surface area contributed by atoms with Crippen LogP contribution in [-0.4, -0.2) is 42.4 Å². The van der Waals surface area contributed by atoms with Gasteiger partial charge in [0.15, 0.2) is 0 Å². The first kappa shape index (κ1) is 17.5. The molecular weight excluding hydrogens is 314 g/mol. The number of aliphatic hydroxyl groups excluding tert-OH is 1. The number of ether oxygens (including phenoxy) is 1. The fourth-order valence-electron chi connectivity index (χ4n) is 3.44. The highest BCUT2D eigenvalue weighted by Gasteiger charge is 2.34. The number of aliphatic hydroxyl groups is 1. The maximum Gasteiger partial charge on any atom is 0.129 e. The van der Waals surface area contributed by atoms with Crippen molar-refractivity contribution in [1.82, 2.24) is 4.98 Å². The molecule has 1 N–H and O–H groups in total. The molecule has 0 unspecified atom stereocenters. The van der Waals surface area contributed by atoms with Crippen molar-refractivity contribution in [2.75, 3.05) is 36.5 Å². The van der Waals surface area contributed by atoms with Gasteiger partial charge in [0, 0.05) is 25.3 Å². The topological polar surface area (TPSA) is 48.8 Å². The van der Waals surface area contributed by atoms with E-state index in [0.29, 0.717) is 5.69 Å². The Morgan fingerprint density at radius 1 is 1.12 bits per heavy atom. The van der Waals surface area contributed by atoms with Gasteiger partial charge < -0.3 is 19.6 Å². The molecule has 1 aliphatic rings. The molecule has 0 aliphatic carbocycles. The zero-order chi connectivity index (χ0) is 18.0. The van der Waals surface area contributed by atoms with Crippen LogP contribution >= 0.6 is 0 Å². The normalized spacial score (nSPS) is 18.1. The second kappa shape index (κ2) is 6.92. The van der Waals surface area contributed by atoms with Gasteiger partial charge in [0.05, 0.1) is 24.4 Å². The first-order valence-electron chi connectivity index (χ1n) is 8.72. The minimum atomic E-state index is -0.548. The molecule has 5 heteroatoms. The Morgan fingerprint density at radius 3 is 2.44 bits per heavy atom. The van der Waals surface area contributed by atoms with Crippen LogP contribution in [-0.2, 0) is 0 Å². The molecule has 0 amide bonds. The lowest BCUT2D eigenvalue weighted by molar-refractivity contribution is 0.194. The Hall–Kier alpha value is -2.27. The van der Waals surface area contributed by atoms with Crippen LogP contribution in [0.1, 0.15) is 32.6 Å². The van der Waals surface area contributed by atoms with E-state index in [1.165, 1.54) is 5.69 Å². The van der Waals surface area contributed by atoms with Crippen LogP contribution in [0, 0.1) is 0 Å². The summed E-state index contributed by atoms with van der Waals surface area (Å²) in [4.78, 5) is 9.35. The van der Waals surface area contributed by atoms with Crippen LogP contribution in [0.4, 0.5) is 11.5 Å². The van der Waals surface area contributed by atoms with Gasteiger partial charge >= 0.3 is 0 Å². The molecule has 1 aliphatic heterocycles. The predicted octanol–water partition coefficient (Wildman–Crippen LogP) is 3.25. The number of nitrogens with zero attached hydrogens (tertiary/aromatic N) is 3. The molecule has 1 saturated heterocycles. The summed E-state index contributed by atoms with van der Waals surface area (Å²) in [6, 6.07) is 14.1. The van der Waals surface area contributed by atoms with Crippen molar-refractivity contribution in [3.8, 4) is 5.75 Å². The predicted molar refractivity (Wildman–Crippen MR) is 102 cm³/mol. The largest absolute Gasteiger partial charge is 0.497 e. The summed E-state index contributed by atoms with van der Waals surface area (Å²) < 4.78 is 5.26. The molecule has 3 rings (SSSR count). The Labute approximate surface area is 149 Å². The van der Waals surface area contributed by atoms with E-state index in [1.54, 1.807) is 14.0 Å². The van der Waals surface area contributed by atoms with E-state index in [2.05, 4.69) is 40.8 Å². The van der Waals surface area contributed by atoms with Crippen LogP contribution in [0.15, 0.2) is 42.5 Å². The number of hydrogen-bond donors (Lipinski definition) is 1. The van der Waals surface area contributed by atoms with E-state index in [0.717, 1.165) is 31.2 Å². The summed E-state index contributed by atoms with van der Waals surface area (Å²) in [5, 5.41) is 9.78. The fourth-order valence-corrected chi connectivity index (χ4v) is 3.44. The van der Waals surface area contributed by atoms with Gasteiger partial charge in [-0.2, -0.15) is 0 Å². The number of benzene rings is 1. The van der Waals surface area contributed by atoms with E-state index in [-0.39, 0.29) is 5.54 Å². The highest BCUT2D eigenvalue weighted by Crippen LogP contribution is 2.31. The lowest BCUT2D eigenvalue weighted by Gasteiger charge is -2.49. The molecular formula is C20H27N3O2. The standard InChI is InChI=1S/C20H27N3O2/c1-15(24)18-6-5-7-19(21-18)22-12-13-23(20(2,3)14-22)16-8-10-17(25-4)11-9-16/h5-11,15,24H,12-14H2,1-4H3/t15-/m0/s1. The maximum atomic E-state index is 9.78. The van der Waals surface area contributed by atoms with Gasteiger partial charge in [0.25, 0.3) is 0 Å². The summed E-state index contributed by atoms with van der Waals surface area (Å²) in [5.74, 6) is 1.81. The third kappa shape index (κ3) is 3.71. The Bertz CT molecular complexity index is 713. The van der Waals surface area contributed by atoms with Gasteiger partial charge in [0.1, 0.15) is 11.6 Å². The highest BCUT2D eigenvalue weighted by molar-refractivity contribution is 5.54. The molecule has 2 heterocycles. The van der Waals surface area contributed by atoms with Gasteiger partial charge in [-0.3, -0.25) is 0 Å². The summed E-state index contributed by atoms with van der Waals surface area (Å²) in [6.07, 6.45) is -0.548. The van der Waals surface area contributed by atoms with Crippen molar-refractivity contribution in [2.24, 2.45) is 0 Å². The lowest BCUT2D eigenvalue weighted by atomic mass is 9.97. The zero-order valence-corrected chi connectivity index (χ0v) is 15.4. The van der Waals surface area contributed by atoms with Crippen molar-refractivity contribution in [3.63, 3.8) is 0 Å². The smallest absolute Gasteiger partial charge is 0.129 e. The van der Waals surface area contributed by atoms with Gasteiger partial charge in [-0.15, -0.1) is 0 Å². The maximum absolute atomic E-state index is 9.78. The molecule has 1 fully saturated rings. The number of piperazine rings is 1. The number of aromatic nitrogens is 1. The molecule has 1 aromatic carbocycles. The number of rotatable bonds is 4. The number of hydrogen-bond acceptors (Lipinski definition) is 5. The van der Waals surface area contributed by atoms with Crippen LogP contribution in [0.25, 0.3) is 0 Å². The van der Waals surface area contributed by atoms with E-state index < -0.39 is 6.10 Å². The van der Waals surface area contributed by atoms with Crippen molar-refractivity contribution in [1.29, 1.82) is 0 Å². The lowest BCUT2D eigenvalue weighted by Crippen LogP contribution is -2.60. The van der Waals surface area contributed by atoms with E-state index in [1.807, 2.05) is 30.3 Å². The molecule has 1 atom stereocenters. The van der Waals surface area contributed by atoms with Gasteiger partial charge in [0.2, 0.25) is 0 Å². The van der Waals surface area contributed by atoms with Crippen LogP contribution in [0.3, 0.4) is 0 Å². The summed E-state index contributed by atoms with van der Waals surface area (Å²) >= 11 is 0. The van der Waals surface area contributed by atoms with E-state index >= 15 is 0 Å². The van der Waals surface area contributed by atoms with Crippen molar-refractivity contribution in [2.45, 2.75) is 32.4 Å². The summed E-state index contributed by atoms with van der Waals surface area (Å²) in [7, 11) is 1.69. The van der Waals surface area contributed by atoms with Crippen LogP contribution < -0.4 is 14.5 Å². The molecule has 0 spiro atoms. The molecule has 134 valence electrons. The van der Waals surface area contributed by atoms with E-state index in [4.69, 9.17) is 4.74 Å². The van der Waals surface area contributed by atoms with Crippen molar-refractivity contribution < 1.29 is 9.84 Å². The fraction of sp³-hybridized carbons (Fsp3) is 0.450.